The first kappa shape index (κ1) is 7.03. The van der Waals surface area contributed by atoms with Gasteiger partial charge in [0.25, 0.3) is 0 Å². The molecule has 54 valence electrons. The van der Waals surface area contributed by atoms with Gasteiger partial charge in [-0.3, -0.25) is 0 Å². The van der Waals surface area contributed by atoms with E-state index < -0.39 is 0 Å². The van der Waals surface area contributed by atoms with Crippen LogP contribution in [0.25, 0.3) is 0 Å². The molecule has 0 bridgehead atoms. The summed E-state index contributed by atoms with van der Waals surface area (Å²) in [7, 11) is 0. The average molecular weight is 130 g/mol. The van der Waals surface area contributed by atoms with Crippen molar-refractivity contribution < 1.29 is 9.84 Å². The van der Waals surface area contributed by atoms with E-state index in [0.717, 1.165) is 25.9 Å². The van der Waals surface area contributed by atoms with Gasteiger partial charge in [0.15, 0.2) is 0 Å². The van der Waals surface area contributed by atoms with E-state index in [2.05, 4.69) is 0 Å². The lowest BCUT2D eigenvalue weighted by Gasteiger charge is -2.07. The minimum absolute atomic E-state index is 0.0958. The molecule has 0 aromatic carbocycles. The molecule has 0 saturated heterocycles. The van der Waals surface area contributed by atoms with Gasteiger partial charge < -0.3 is 9.84 Å². The van der Waals surface area contributed by atoms with Crippen LogP contribution in [0.1, 0.15) is 26.2 Å². The van der Waals surface area contributed by atoms with Crippen molar-refractivity contribution in [2.45, 2.75) is 38.4 Å². The predicted molar refractivity (Wildman–Crippen MR) is 35.3 cm³/mol. The van der Waals surface area contributed by atoms with E-state index in [9.17, 15) is 0 Å². The van der Waals surface area contributed by atoms with Crippen LogP contribution in [0.3, 0.4) is 0 Å². The SMILES string of the molecule is CCO[C@@H]1CC[C@@H](O)C1. The second-order valence-corrected chi connectivity index (χ2v) is 2.54. The molecule has 2 nitrogen and oxygen atoms in total. The zero-order chi connectivity index (χ0) is 6.69. The van der Waals surface area contributed by atoms with Crippen molar-refractivity contribution in [1.29, 1.82) is 0 Å². The molecule has 2 heteroatoms. The van der Waals surface area contributed by atoms with Crippen LogP contribution in [0, 0.1) is 0 Å². The molecular formula is C7H14O2. The highest BCUT2D eigenvalue weighted by Gasteiger charge is 2.22. The van der Waals surface area contributed by atoms with Crippen molar-refractivity contribution in [3.05, 3.63) is 0 Å². The standard InChI is InChI=1S/C7H14O2/c1-2-9-7-4-3-6(8)5-7/h6-8H,2-5H2,1H3/t6-,7-/m1/s1. The van der Waals surface area contributed by atoms with Crippen molar-refractivity contribution >= 4 is 0 Å². The lowest BCUT2D eigenvalue weighted by Crippen LogP contribution is -2.09. The van der Waals surface area contributed by atoms with Gasteiger partial charge in [0.05, 0.1) is 12.2 Å². The number of aliphatic hydroxyl groups is 1. The van der Waals surface area contributed by atoms with Crippen molar-refractivity contribution in [2.24, 2.45) is 0 Å². The number of hydrogen-bond donors (Lipinski definition) is 1. The monoisotopic (exact) mass is 130 g/mol. The summed E-state index contributed by atoms with van der Waals surface area (Å²) in [5.41, 5.74) is 0. The Kier molecular flexibility index (Phi) is 2.49. The normalized spacial score (nSPS) is 35.3. The molecule has 1 rings (SSSR count). The molecule has 0 aromatic rings. The molecule has 1 fully saturated rings. The molecular weight excluding hydrogens is 116 g/mol. The summed E-state index contributed by atoms with van der Waals surface area (Å²) in [6.45, 7) is 2.77. The quantitative estimate of drug-likeness (QED) is 0.602. The van der Waals surface area contributed by atoms with E-state index in [1.807, 2.05) is 6.92 Å². The average Bonchev–Trinajstić information content (AvgIpc) is 2.17. The van der Waals surface area contributed by atoms with Crippen molar-refractivity contribution in [3.63, 3.8) is 0 Å². The maximum atomic E-state index is 9.05. The van der Waals surface area contributed by atoms with Gasteiger partial charge in [0, 0.05) is 6.61 Å². The molecule has 0 amide bonds. The van der Waals surface area contributed by atoms with Gasteiger partial charge in [0.1, 0.15) is 0 Å². The number of hydrogen-bond acceptors (Lipinski definition) is 2. The molecule has 2 atom stereocenters. The molecule has 0 aliphatic heterocycles. The van der Waals surface area contributed by atoms with Crippen LogP contribution in [0.5, 0.6) is 0 Å². The fraction of sp³-hybridized carbons (Fsp3) is 1.00. The van der Waals surface area contributed by atoms with Gasteiger partial charge in [-0.05, 0) is 26.2 Å². The molecule has 0 spiro atoms. The Morgan fingerprint density at radius 1 is 1.56 bits per heavy atom. The van der Waals surface area contributed by atoms with E-state index in [1.165, 1.54) is 0 Å². The smallest absolute Gasteiger partial charge is 0.0600 e. The first-order chi connectivity index (χ1) is 4.33. The summed E-state index contributed by atoms with van der Waals surface area (Å²) >= 11 is 0. The molecule has 9 heavy (non-hydrogen) atoms. The molecule has 1 aliphatic rings. The van der Waals surface area contributed by atoms with Gasteiger partial charge in [-0.25, -0.2) is 0 Å². The highest BCUT2D eigenvalue weighted by molar-refractivity contribution is 4.74. The molecule has 0 aromatic heterocycles. The number of ether oxygens (including phenoxy) is 1. The zero-order valence-electron chi connectivity index (χ0n) is 5.84. The second kappa shape index (κ2) is 3.18. The summed E-state index contributed by atoms with van der Waals surface area (Å²) in [5.74, 6) is 0. The second-order valence-electron chi connectivity index (χ2n) is 2.54. The molecule has 0 heterocycles. The highest BCUT2D eigenvalue weighted by Crippen LogP contribution is 2.21. The lowest BCUT2D eigenvalue weighted by atomic mass is 10.3. The Morgan fingerprint density at radius 3 is 2.78 bits per heavy atom. The van der Waals surface area contributed by atoms with E-state index in [0.29, 0.717) is 6.10 Å². The Morgan fingerprint density at radius 2 is 2.33 bits per heavy atom. The summed E-state index contributed by atoms with van der Waals surface area (Å²) in [6.07, 6.45) is 3.04. The minimum atomic E-state index is -0.0958. The third-order valence-electron chi connectivity index (χ3n) is 1.76. The maximum absolute atomic E-state index is 9.05. The Hall–Kier alpha value is -0.0800. The van der Waals surface area contributed by atoms with Gasteiger partial charge in [-0.2, -0.15) is 0 Å². The first-order valence-corrected chi connectivity index (χ1v) is 3.62. The van der Waals surface area contributed by atoms with E-state index >= 15 is 0 Å². The lowest BCUT2D eigenvalue weighted by molar-refractivity contribution is 0.0561. The largest absolute Gasteiger partial charge is 0.393 e. The first-order valence-electron chi connectivity index (χ1n) is 3.62. The summed E-state index contributed by atoms with van der Waals surface area (Å²) in [5, 5.41) is 9.05. The summed E-state index contributed by atoms with van der Waals surface area (Å²) in [6, 6.07) is 0. The van der Waals surface area contributed by atoms with Crippen LogP contribution in [0.2, 0.25) is 0 Å². The van der Waals surface area contributed by atoms with Gasteiger partial charge in [-0.1, -0.05) is 0 Å². The molecule has 0 radical (unpaired) electrons. The Labute approximate surface area is 55.8 Å². The molecule has 0 unspecified atom stereocenters. The minimum Gasteiger partial charge on any atom is -0.393 e. The highest BCUT2D eigenvalue weighted by atomic mass is 16.5. The van der Waals surface area contributed by atoms with E-state index in [-0.39, 0.29) is 6.10 Å². The van der Waals surface area contributed by atoms with E-state index in [4.69, 9.17) is 9.84 Å². The number of rotatable bonds is 2. The van der Waals surface area contributed by atoms with Crippen molar-refractivity contribution in [3.8, 4) is 0 Å². The van der Waals surface area contributed by atoms with Crippen LogP contribution in [0.15, 0.2) is 0 Å². The molecule has 1 N–H and O–H groups in total. The van der Waals surface area contributed by atoms with Crippen molar-refractivity contribution in [2.75, 3.05) is 6.61 Å². The number of aliphatic hydroxyl groups excluding tert-OH is 1. The molecule has 1 saturated carbocycles. The Bertz CT molecular complexity index is 81.0. The third-order valence-corrected chi connectivity index (χ3v) is 1.76. The fourth-order valence-corrected chi connectivity index (χ4v) is 1.30. The van der Waals surface area contributed by atoms with Crippen LogP contribution in [-0.4, -0.2) is 23.9 Å². The van der Waals surface area contributed by atoms with Crippen molar-refractivity contribution in [1.82, 2.24) is 0 Å². The van der Waals surface area contributed by atoms with E-state index in [1.54, 1.807) is 0 Å². The summed E-state index contributed by atoms with van der Waals surface area (Å²) < 4.78 is 5.31. The fourth-order valence-electron chi connectivity index (χ4n) is 1.30. The topological polar surface area (TPSA) is 29.5 Å². The summed E-state index contributed by atoms with van der Waals surface area (Å²) in [4.78, 5) is 0. The predicted octanol–water partition coefficient (Wildman–Crippen LogP) is 0.936. The zero-order valence-corrected chi connectivity index (χ0v) is 5.84. The van der Waals surface area contributed by atoms with Gasteiger partial charge >= 0.3 is 0 Å². The van der Waals surface area contributed by atoms with Gasteiger partial charge in [-0.15, -0.1) is 0 Å². The van der Waals surface area contributed by atoms with Crippen LogP contribution in [0.4, 0.5) is 0 Å². The van der Waals surface area contributed by atoms with Gasteiger partial charge in [0.2, 0.25) is 0 Å². The van der Waals surface area contributed by atoms with Crippen LogP contribution in [-0.2, 0) is 4.74 Å². The maximum Gasteiger partial charge on any atom is 0.0600 e. The third kappa shape index (κ3) is 1.95. The van der Waals surface area contributed by atoms with Crippen LogP contribution < -0.4 is 0 Å². The molecule has 1 aliphatic carbocycles. The van der Waals surface area contributed by atoms with Crippen LogP contribution >= 0.6 is 0 Å². The Balaban J connectivity index is 2.14.